The van der Waals surface area contributed by atoms with Gasteiger partial charge in [-0.25, -0.2) is 15.0 Å². The number of nitrogens with zero attached hydrogens (tertiary/aromatic N) is 3. The molecule has 0 spiro atoms. The zero-order valence-corrected chi connectivity index (χ0v) is 28.5. The fourth-order valence-electron chi connectivity index (χ4n) is 7.97. The lowest BCUT2D eigenvalue weighted by Crippen LogP contribution is -2.00. The normalized spacial score (nSPS) is 11.8. The van der Waals surface area contributed by atoms with Crippen LogP contribution in [0.15, 0.2) is 180 Å². The highest BCUT2D eigenvalue weighted by Gasteiger charge is 2.19. The molecule has 246 valence electrons. The first-order valence-corrected chi connectivity index (χ1v) is 17.9. The van der Waals surface area contributed by atoms with Crippen molar-refractivity contribution in [1.82, 2.24) is 15.0 Å². The fraction of sp³-hybridized carbons (Fsp3) is 0. The van der Waals surface area contributed by atoms with Crippen molar-refractivity contribution >= 4 is 65.0 Å². The van der Waals surface area contributed by atoms with Gasteiger partial charge in [0.25, 0.3) is 0 Å². The molecule has 9 aromatic carbocycles. The Bertz CT molecular complexity index is 3230. The van der Waals surface area contributed by atoms with Gasteiger partial charge in [-0.05, 0) is 78.5 Å². The molecule has 0 amide bonds. The fourth-order valence-corrected chi connectivity index (χ4v) is 7.97. The molecule has 11 rings (SSSR count). The summed E-state index contributed by atoms with van der Waals surface area (Å²) < 4.78 is 6.56. The van der Waals surface area contributed by atoms with Gasteiger partial charge in [-0.3, -0.25) is 0 Å². The van der Waals surface area contributed by atoms with E-state index in [4.69, 9.17) is 19.4 Å². The summed E-state index contributed by atoms with van der Waals surface area (Å²) in [6.45, 7) is 0. The van der Waals surface area contributed by atoms with E-state index in [0.29, 0.717) is 17.5 Å². The number of aromatic nitrogens is 3. The van der Waals surface area contributed by atoms with Crippen LogP contribution in [0.4, 0.5) is 0 Å². The lowest BCUT2D eigenvalue weighted by Gasteiger charge is -2.11. The Morgan fingerprint density at radius 1 is 0.302 bits per heavy atom. The van der Waals surface area contributed by atoms with E-state index in [0.717, 1.165) is 49.6 Å². The first-order chi connectivity index (χ1) is 26.2. The second-order valence-corrected chi connectivity index (χ2v) is 13.6. The van der Waals surface area contributed by atoms with Crippen molar-refractivity contribution in [1.29, 1.82) is 0 Å². The summed E-state index contributed by atoms with van der Waals surface area (Å²) in [6.07, 6.45) is 0. The standard InChI is InChI=1S/C49H29N3O/c1-2-12-32(13-3-1)47-50-48(35-23-24-39-33(28-35)21-26-40-37-16-7-5-11-31(37)20-25-41(39)40)52-49(51-47)43-18-9-19-44-46(43)42-27-22-34(29-45(42)53-44)38-17-8-14-30-10-4-6-15-36(30)38/h1-29H. The molecular formula is C49H29N3O. The Labute approximate surface area is 304 Å². The lowest BCUT2D eigenvalue weighted by atomic mass is 9.96. The third-order valence-electron chi connectivity index (χ3n) is 10.5. The Balaban J connectivity index is 1.08. The van der Waals surface area contributed by atoms with Gasteiger partial charge >= 0.3 is 0 Å². The zero-order chi connectivity index (χ0) is 34.9. The average Bonchev–Trinajstić information content (AvgIpc) is 3.61. The van der Waals surface area contributed by atoms with Gasteiger partial charge in [0.05, 0.1) is 0 Å². The van der Waals surface area contributed by atoms with E-state index in [-0.39, 0.29) is 0 Å². The molecule has 0 aliphatic rings. The number of rotatable bonds is 4. The van der Waals surface area contributed by atoms with E-state index in [9.17, 15) is 0 Å². The summed E-state index contributed by atoms with van der Waals surface area (Å²) in [7, 11) is 0. The first-order valence-electron chi connectivity index (χ1n) is 17.9. The molecule has 0 aliphatic carbocycles. The molecule has 0 aliphatic heterocycles. The monoisotopic (exact) mass is 675 g/mol. The molecule has 0 fully saturated rings. The Kier molecular flexibility index (Phi) is 6.52. The Morgan fingerprint density at radius 2 is 0.887 bits per heavy atom. The zero-order valence-electron chi connectivity index (χ0n) is 28.5. The number of furan rings is 1. The molecule has 0 saturated heterocycles. The second-order valence-electron chi connectivity index (χ2n) is 13.6. The van der Waals surface area contributed by atoms with E-state index in [1.54, 1.807) is 0 Å². The molecule has 2 heterocycles. The molecule has 11 aromatic rings. The maximum atomic E-state index is 6.56. The van der Waals surface area contributed by atoms with Crippen LogP contribution in [-0.2, 0) is 0 Å². The number of hydrogen-bond acceptors (Lipinski definition) is 4. The smallest absolute Gasteiger partial charge is 0.164 e. The van der Waals surface area contributed by atoms with Crippen molar-refractivity contribution in [2.24, 2.45) is 0 Å². The van der Waals surface area contributed by atoms with Crippen LogP contribution in [0.25, 0.3) is 110 Å². The van der Waals surface area contributed by atoms with Gasteiger partial charge < -0.3 is 4.42 Å². The average molecular weight is 676 g/mol. The van der Waals surface area contributed by atoms with Gasteiger partial charge in [0.15, 0.2) is 17.5 Å². The number of hydrogen-bond donors (Lipinski definition) is 0. The summed E-state index contributed by atoms with van der Waals surface area (Å²) in [5, 5.41) is 11.8. The van der Waals surface area contributed by atoms with Crippen LogP contribution >= 0.6 is 0 Å². The van der Waals surface area contributed by atoms with Crippen LogP contribution in [0.1, 0.15) is 0 Å². The predicted octanol–water partition coefficient (Wildman–Crippen LogP) is 13.1. The van der Waals surface area contributed by atoms with Crippen LogP contribution in [0.2, 0.25) is 0 Å². The summed E-state index contributed by atoms with van der Waals surface area (Å²) in [6, 6.07) is 61.6. The quantitative estimate of drug-likeness (QED) is 0.174. The maximum Gasteiger partial charge on any atom is 0.164 e. The molecule has 4 nitrogen and oxygen atoms in total. The molecule has 0 N–H and O–H groups in total. The van der Waals surface area contributed by atoms with Crippen LogP contribution in [0, 0.1) is 0 Å². The van der Waals surface area contributed by atoms with Crippen molar-refractivity contribution in [3.05, 3.63) is 176 Å². The van der Waals surface area contributed by atoms with Crippen molar-refractivity contribution < 1.29 is 4.42 Å². The highest BCUT2D eigenvalue weighted by molar-refractivity contribution is 6.18. The van der Waals surface area contributed by atoms with Crippen molar-refractivity contribution in [3.63, 3.8) is 0 Å². The predicted molar refractivity (Wildman–Crippen MR) is 219 cm³/mol. The molecule has 2 aromatic heterocycles. The highest BCUT2D eigenvalue weighted by atomic mass is 16.3. The second kappa shape index (κ2) is 11.7. The Hall–Kier alpha value is -7.17. The SMILES string of the molecule is c1ccc(-c2nc(-c3ccc4c(ccc5c6ccccc6ccc45)c3)nc(-c3cccc4oc5cc(-c6cccc7ccccc67)ccc5c34)n2)cc1. The van der Waals surface area contributed by atoms with Gasteiger partial charge in [0.1, 0.15) is 11.2 Å². The van der Waals surface area contributed by atoms with Crippen LogP contribution in [-0.4, -0.2) is 15.0 Å². The molecule has 0 atom stereocenters. The highest BCUT2D eigenvalue weighted by Crippen LogP contribution is 2.40. The van der Waals surface area contributed by atoms with Crippen LogP contribution in [0.5, 0.6) is 0 Å². The van der Waals surface area contributed by atoms with Gasteiger partial charge in [-0.1, -0.05) is 152 Å². The minimum absolute atomic E-state index is 0.602. The molecule has 0 saturated carbocycles. The third kappa shape index (κ3) is 4.80. The van der Waals surface area contributed by atoms with Crippen LogP contribution < -0.4 is 0 Å². The minimum Gasteiger partial charge on any atom is -0.456 e. The molecule has 53 heavy (non-hydrogen) atoms. The van der Waals surface area contributed by atoms with E-state index >= 15 is 0 Å². The van der Waals surface area contributed by atoms with E-state index in [2.05, 4.69) is 133 Å². The van der Waals surface area contributed by atoms with Gasteiger partial charge in [-0.2, -0.15) is 0 Å². The van der Waals surface area contributed by atoms with Crippen LogP contribution in [0.3, 0.4) is 0 Å². The van der Waals surface area contributed by atoms with Gasteiger partial charge in [0.2, 0.25) is 0 Å². The summed E-state index contributed by atoms with van der Waals surface area (Å²) in [5.41, 5.74) is 6.67. The molecule has 0 bridgehead atoms. The van der Waals surface area contributed by atoms with E-state index in [1.807, 2.05) is 42.5 Å². The number of benzene rings is 9. The van der Waals surface area contributed by atoms with E-state index < -0.39 is 0 Å². The van der Waals surface area contributed by atoms with Gasteiger partial charge in [0, 0.05) is 27.5 Å². The topological polar surface area (TPSA) is 51.8 Å². The van der Waals surface area contributed by atoms with Crippen molar-refractivity contribution in [2.45, 2.75) is 0 Å². The third-order valence-corrected chi connectivity index (χ3v) is 10.5. The van der Waals surface area contributed by atoms with Crippen molar-refractivity contribution in [2.75, 3.05) is 0 Å². The number of fused-ring (bicyclic) bond motifs is 9. The van der Waals surface area contributed by atoms with E-state index in [1.165, 1.54) is 43.3 Å². The first kappa shape index (κ1) is 29.5. The molecule has 0 unspecified atom stereocenters. The summed E-state index contributed by atoms with van der Waals surface area (Å²) in [5.74, 6) is 1.85. The Morgan fingerprint density at radius 3 is 1.74 bits per heavy atom. The molecular weight excluding hydrogens is 647 g/mol. The summed E-state index contributed by atoms with van der Waals surface area (Å²) in [4.78, 5) is 15.3. The maximum absolute atomic E-state index is 6.56. The lowest BCUT2D eigenvalue weighted by molar-refractivity contribution is 0.669. The van der Waals surface area contributed by atoms with Crippen molar-refractivity contribution in [3.8, 4) is 45.3 Å². The summed E-state index contributed by atoms with van der Waals surface area (Å²) >= 11 is 0. The van der Waals surface area contributed by atoms with Gasteiger partial charge in [-0.15, -0.1) is 0 Å². The minimum atomic E-state index is 0.602. The molecule has 0 radical (unpaired) electrons. The largest absolute Gasteiger partial charge is 0.456 e. The molecule has 4 heteroatoms.